The summed E-state index contributed by atoms with van der Waals surface area (Å²) in [6, 6.07) is 21.0. The van der Waals surface area contributed by atoms with Crippen LogP contribution in [-0.2, 0) is 6.54 Å². The van der Waals surface area contributed by atoms with Crippen LogP contribution in [0.3, 0.4) is 0 Å². The molecule has 2 aromatic carbocycles. The molecule has 4 nitrogen and oxygen atoms in total. The van der Waals surface area contributed by atoms with Crippen molar-refractivity contribution in [3.63, 3.8) is 0 Å². The number of nitrogens with zero attached hydrogens (tertiary/aromatic N) is 2. The summed E-state index contributed by atoms with van der Waals surface area (Å²) >= 11 is 5.80. The standard InChI is InChI=1S/C22H23N3OS/c1-16-5-7-17(8-6-16)21-20-4-3-13-24(20)14-15-25(21)22(27)23-18-9-11-19(26-2)12-10-18/h3-13,21H,14-15H2,1-2H3,(H,23,27)/t21-/m0/s1. The molecule has 0 saturated heterocycles. The number of methoxy groups -OCH3 is 1. The highest BCUT2D eigenvalue weighted by Gasteiger charge is 2.30. The van der Waals surface area contributed by atoms with Gasteiger partial charge in [0.05, 0.1) is 13.2 Å². The van der Waals surface area contributed by atoms with E-state index in [4.69, 9.17) is 17.0 Å². The number of aryl methyl sites for hydroxylation is 1. The zero-order valence-corrected chi connectivity index (χ0v) is 16.4. The number of thiocarbonyl (C=S) groups is 1. The van der Waals surface area contributed by atoms with E-state index in [1.807, 2.05) is 24.3 Å². The lowest BCUT2D eigenvalue weighted by atomic mass is 9.99. The molecular weight excluding hydrogens is 354 g/mol. The van der Waals surface area contributed by atoms with Gasteiger partial charge in [-0.1, -0.05) is 29.8 Å². The first kappa shape index (κ1) is 17.6. The fourth-order valence-corrected chi connectivity index (χ4v) is 3.89. The van der Waals surface area contributed by atoms with Gasteiger partial charge in [-0.2, -0.15) is 0 Å². The van der Waals surface area contributed by atoms with Crippen molar-refractivity contribution in [1.29, 1.82) is 0 Å². The van der Waals surface area contributed by atoms with Crippen LogP contribution in [0.5, 0.6) is 5.75 Å². The number of hydrogen-bond acceptors (Lipinski definition) is 2. The highest BCUT2D eigenvalue weighted by molar-refractivity contribution is 7.80. The monoisotopic (exact) mass is 377 g/mol. The minimum Gasteiger partial charge on any atom is -0.497 e. The van der Waals surface area contributed by atoms with Crippen molar-refractivity contribution in [2.24, 2.45) is 0 Å². The van der Waals surface area contributed by atoms with Crippen LogP contribution in [-0.4, -0.2) is 28.2 Å². The van der Waals surface area contributed by atoms with E-state index in [2.05, 4.69) is 64.3 Å². The van der Waals surface area contributed by atoms with Crippen LogP contribution < -0.4 is 10.1 Å². The molecule has 0 aliphatic carbocycles. The van der Waals surface area contributed by atoms with Crippen molar-refractivity contribution in [3.8, 4) is 5.75 Å². The molecule has 1 N–H and O–H groups in total. The number of hydrogen-bond donors (Lipinski definition) is 1. The number of ether oxygens (including phenoxy) is 1. The molecule has 3 aromatic rings. The van der Waals surface area contributed by atoms with Gasteiger partial charge in [-0.3, -0.25) is 0 Å². The number of aromatic nitrogens is 1. The molecule has 0 unspecified atom stereocenters. The number of fused-ring (bicyclic) bond motifs is 1. The molecule has 0 radical (unpaired) electrons. The molecule has 4 rings (SSSR count). The minimum atomic E-state index is 0.104. The van der Waals surface area contributed by atoms with Gasteiger partial charge in [0.2, 0.25) is 0 Å². The molecule has 0 fully saturated rings. The Kier molecular flexibility index (Phi) is 4.86. The van der Waals surface area contributed by atoms with Gasteiger partial charge in [-0.15, -0.1) is 0 Å². The topological polar surface area (TPSA) is 29.4 Å². The van der Waals surface area contributed by atoms with Crippen LogP contribution in [0.2, 0.25) is 0 Å². The summed E-state index contributed by atoms with van der Waals surface area (Å²) in [6.45, 7) is 3.90. The van der Waals surface area contributed by atoms with Crippen molar-refractivity contribution in [3.05, 3.63) is 83.7 Å². The van der Waals surface area contributed by atoms with Crippen molar-refractivity contribution in [1.82, 2.24) is 9.47 Å². The predicted octanol–water partition coefficient (Wildman–Crippen LogP) is 4.61. The number of benzene rings is 2. The van der Waals surface area contributed by atoms with Gasteiger partial charge in [-0.05, 0) is 61.1 Å². The van der Waals surface area contributed by atoms with E-state index in [9.17, 15) is 0 Å². The molecule has 0 spiro atoms. The van der Waals surface area contributed by atoms with E-state index in [0.29, 0.717) is 0 Å². The largest absolute Gasteiger partial charge is 0.497 e. The van der Waals surface area contributed by atoms with Crippen LogP contribution in [0.1, 0.15) is 22.9 Å². The fourth-order valence-electron chi connectivity index (χ4n) is 3.57. The van der Waals surface area contributed by atoms with Crippen LogP contribution in [0.15, 0.2) is 66.9 Å². The lowest BCUT2D eigenvalue weighted by Crippen LogP contribution is -2.44. The summed E-state index contributed by atoms with van der Waals surface area (Å²) in [6.07, 6.45) is 2.15. The lowest BCUT2D eigenvalue weighted by molar-refractivity contribution is 0.293. The van der Waals surface area contributed by atoms with E-state index in [1.165, 1.54) is 16.8 Å². The highest BCUT2D eigenvalue weighted by atomic mass is 32.1. The molecule has 1 aliphatic heterocycles. The van der Waals surface area contributed by atoms with Crippen molar-refractivity contribution in [2.45, 2.75) is 19.5 Å². The second kappa shape index (κ2) is 7.45. The van der Waals surface area contributed by atoms with Crippen LogP contribution in [0.4, 0.5) is 5.69 Å². The van der Waals surface area contributed by atoms with Crippen molar-refractivity contribution < 1.29 is 4.74 Å². The van der Waals surface area contributed by atoms with Gasteiger partial charge in [0.15, 0.2) is 5.11 Å². The maximum atomic E-state index is 5.80. The van der Waals surface area contributed by atoms with Crippen molar-refractivity contribution >= 4 is 23.0 Å². The summed E-state index contributed by atoms with van der Waals surface area (Å²) in [7, 11) is 1.67. The Bertz CT molecular complexity index is 931. The Labute approximate surface area is 165 Å². The van der Waals surface area contributed by atoms with E-state index in [0.717, 1.165) is 29.6 Å². The van der Waals surface area contributed by atoms with Crippen LogP contribution in [0.25, 0.3) is 0 Å². The summed E-state index contributed by atoms with van der Waals surface area (Å²) < 4.78 is 7.55. The maximum Gasteiger partial charge on any atom is 0.174 e. The summed E-state index contributed by atoms with van der Waals surface area (Å²) in [5.74, 6) is 0.833. The zero-order valence-electron chi connectivity index (χ0n) is 15.6. The third-order valence-electron chi connectivity index (χ3n) is 5.03. The van der Waals surface area contributed by atoms with E-state index < -0.39 is 0 Å². The highest BCUT2D eigenvalue weighted by Crippen LogP contribution is 2.33. The van der Waals surface area contributed by atoms with E-state index in [-0.39, 0.29) is 6.04 Å². The second-order valence-electron chi connectivity index (χ2n) is 6.79. The first-order valence-corrected chi connectivity index (χ1v) is 9.50. The fraction of sp³-hybridized carbons (Fsp3) is 0.227. The van der Waals surface area contributed by atoms with Gasteiger partial charge in [0.1, 0.15) is 5.75 Å². The summed E-state index contributed by atoms with van der Waals surface area (Å²) in [4.78, 5) is 2.28. The Morgan fingerprint density at radius 1 is 1.04 bits per heavy atom. The molecule has 1 atom stereocenters. The number of rotatable bonds is 3. The molecule has 138 valence electrons. The van der Waals surface area contributed by atoms with Gasteiger partial charge in [0, 0.05) is 30.7 Å². The van der Waals surface area contributed by atoms with Crippen LogP contribution >= 0.6 is 12.2 Å². The lowest BCUT2D eigenvalue weighted by Gasteiger charge is -2.39. The molecule has 1 aliphatic rings. The molecule has 0 amide bonds. The smallest absolute Gasteiger partial charge is 0.174 e. The van der Waals surface area contributed by atoms with Crippen LogP contribution in [0, 0.1) is 6.92 Å². The molecule has 1 aromatic heterocycles. The Hall–Kier alpha value is -2.79. The van der Waals surface area contributed by atoms with Gasteiger partial charge in [0.25, 0.3) is 0 Å². The maximum absolute atomic E-state index is 5.80. The van der Waals surface area contributed by atoms with Gasteiger partial charge >= 0.3 is 0 Å². The average molecular weight is 378 g/mol. The number of nitrogens with one attached hydrogen (secondary N) is 1. The summed E-state index contributed by atoms with van der Waals surface area (Å²) in [5.41, 5.74) is 4.74. The molecular formula is C22H23N3OS. The van der Waals surface area contributed by atoms with Gasteiger partial charge < -0.3 is 19.5 Å². The molecule has 5 heteroatoms. The van der Waals surface area contributed by atoms with E-state index >= 15 is 0 Å². The SMILES string of the molecule is COc1ccc(NC(=S)N2CCn3cccc3[C@@H]2c2ccc(C)cc2)cc1. The molecule has 2 heterocycles. The Morgan fingerprint density at radius 3 is 2.48 bits per heavy atom. The third-order valence-corrected chi connectivity index (χ3v) is 5.37. The molecule has 0 saturated carbocycles. The Morgan fingerprint density at radius 2 is 1.78 bits per heavy atom. The predicted molar refractivity (Wildman–Crippen MR) is 113 cm³/mol. The van der Waals surface area contributed by atoms with E-state index in [1.54, 1.807) is 7.11 Å². The molecule has 0 bridgehead atoms. The first-order chi connectivity index (χ1) is 13.2. The van der Waals surface area contributed by atoms with Gasteiger partial charge in [-0.25, -0.2) is 0 Å². The minimum absolute atomic E-state index is 0.104. The first-order valence-electron chi connectivity index (χ1n) is 9.09. The average Bonchev–Trinajstić information content (AvgIpc) is 3.17. The van der Waals surface area contributed by atoms with Crippen molar-refractivity contribution in [2.75, 3.05) is 19.0 Å². The molecule has 27 heavy (non-hydrogen) atoms. The quantitative estimate of drug-likeness (QED) is 0.675. The number of anilines is 1. The summed E-state index contributed by atoms with van der Waals surface area (Å²) in [5, 5.41) is 4.12. The normalized spacial score (nSPS) is 15.9. The Balaban J connectivity index is 1.63. The second-order valence-corrected chi connectivity index (χ2v) is 7.18. The zero-order chi connectivity index (χ0) is 18.8. The third kappa shape index (κ3) is 3.55.